The van der Waals surface area contributed by atoms with Crippen LogP contribution in [-0.2, 0) is 11.3 Å². The van der Waals surface area contributed by atoms with E-state index in [0.717, 1.165) is 13.0 Å². The van der Waals surface area contributed by atoms with Gasteiger partial charge < -0.3 is 14.8 Å². The van der Waals surface area contributed by atoms with Crippen molar-refractivity contribution in [1.29, 1.82) is 0 Å². The second-order valence-electron chi connectivity index (χ2n) is 6.51. The molecule has 2 unspecified atom stereocenters. The second kappa shape index (κ2) is 5.76. The largest absolute Gasteiger partial charge is 0.357 e. The Hall–Kier alpha value is -1.81. The number of amides is 1. The number of nitrogens with zero attached hydrogens (tertiary/aromatic N) is 2. The summed E-state index contributed by atoms with van der Waals surface area (Å²) in [6.45, 7) is 5.40. The zero-order chi connectivity index (χ0) is 15.9. The second-order valence-corrected chi connectivity index (χ2v) is 6.51. The number of carbonyl (C=O) groups is 1. The van der Waals surface area contributed by atoms with Crippen molar-refractivity contribution in [2.24, 2.45) is 0 Å². The van der Waals surface area contributed by atoms with Gasteiger partial charge in [0.25, 0.3) is 0 Å². The van der Waals surface area contributed by atoms with Gasteiger partial charge in [-0.3, -0.25) is 4.79 Å². The Kier molecular flexibility index (Phi) is 3.96. The van der Waals surface area contributed by atoms with E-state index < -0.39 is 0 Å². The zero-order valence-corrected chi connectivity index (χ0v) is 13.9. The smallest absolute Gasteiger partial charge is 0.219 e. The fraction of sp³-hybridized carbons (Fsp3) is 0.500. The molecule has 4 nitrogen and oxygen atoms in total. The highest BCUT2D eigenvalue weighted by molar-refractivity contribution is 5.86. The van der Waals surface area contributed by atoms with E-state index in [2.05, 4.69) is 55.2 Å². The summed E-state index contributed by atoms with van der Waals surface area (Å²) in [7, 11) is 4.27. The van der Waals surface area contributed by atoms with Gasteiger partial charge in [0.05, 0.1) is 6.54 Å². The van der Waals surface area contributed by atoms with Crippen molar-refractivity contribution in [3.05, 3.63) is 35.5 Å². The van der Waals surface area contributed by atoms with Crippen LogP contribution in [0.1, 0.15) is 37.4 Å². The first-order valence-electron chi connectivity index (χ1n) is 8.04. The number of fused-ring (bicyclic) bond motifs is 3. The van der Waals surface area contributed by atoms with E-state index in [0.29, 0.717) is 18.5 Å². The van der Waals surface area contributed by atoms with E-state index in [1.807, 2.05) is 4.90 Å². The third-order valence-electron chi connectivity index (χ3n) is 4.96. The molecule has 118 valence electrons. The minimum absolute atomic E-state index is 0.155. The Balaban J connectivity index is 2.15. The van der Waals surface area contributed by atoms with E-state index in [-0.39, 0.29) is 5.91 Å². The van der Waals surface area contributed by atoms with Crippen LogP contribution in [0, 0.1) is 0 Å². The highest BCUT2D eigenvalue weighted by Gasteiger charge is 2.35. The number of hydrogen-bond acceptors (Lipinski definition) is 2. The van der Waals surface area contributed by atoms with E-state index in [9.17, 15) is 4.79 Å². The average Bonchev–Trinajstić information content (AvgIpc) is 2.85. The first kappa shape index (κ1) is 15.1. The van der Waals surface area contributed by atoms with Crippen LogP contribution in [0.5, 0.6) is 0 Å². The number of aromatic amines is 1. The molecule has 0 saturated heterocycles. The van der Waals surface area contributed by atoms with Crippen molar-refractivity contribution >= 4 is 16.8 Å². The first-order valence-corrected chi connectivity index (χ1v) is 8.04. The predicted molar refractivity (Wildman–Crippen MR) is 89.9 cm³/mol. The van der Waals surface area contributed by atoms with Crippen LogP contribution in [-0.4, -0.2) is 47.4 Å². The van der Waals surface area contributed by atoms with Crippen LogP contribution >= 0.6 is 0 Å². The highest BCUT2D eigenvalue weighted by atomic mass is 16.2. The van der Waals surface area contributed by atoms with Crippen molar-refractivity contribution in [1.82, 2.24) is 14.8 Å². The Bertz CT molecular complexity index is 689. The van der Waals surface area contributed by atoms with E-state index in [1.165, 1.54) is 22.2 Å². The molecule has 2 heterocycles. The zero-order valence-electron chi connectivity index (χ0n) is 13.9. The molecule has 0 bridgehead atoms. The van der Waals surface area contributed by atoms with Gasteiger partial charge in [-0.2, -0.15) is 0 Å². The molecule has 0 fully saturated rings. The SMILES string of the molecule is CCC(C1CN(C(C)=O)Cc2[nH]c3ccccc3c21)N(C)C. The topological polar surface area (TPSA) is 39.3 Å². The molecule has 1 amide bonds. The van der Waals surface area contributed by atoms with Gasteiger partial charge in [0.1, 0.15) is 0 Å². The van der Waals surface area contributed by atoms with Crippen LogP contribution in [0.2, 0.25) is 0 Å². The molecule has 1 aromatic carbocycles. The maximum atomic E-state index is 11.9. The number of carbonyl (C=O) groups excluding carboxylic acids is 1. The van der Waals surface area contributed by atoms with E-state index in [1.54, 1.807) is 6.92 Å². The lowest BCUT2D eigenvalue weighted by Crippen LogP contribution is -2.44. The van der Waals surface area contributed by atoms with Crippen LogP contribution in [0.15, 0.2) is 24.3 Å². The van der Waals surface area contributed by atoms with Gasteiger partial charge in [-0.15, -0.1) is 0 Å². The Labute approximate surface area is 132 Å². The van der Waals surface area contributed by atoms with Gasteiger partial charge in [0.2, 0.25) is 5.91 Å². The van der Waals surface area contributed by atoms with Crippen molar-refractivity contribution in [3.63, 3.8) is 0 Å². The van der Waals surface area contributed by atoms with Crippen LogP contribution < -0.4 is 0 Å². The number of H-pyrrole nitrogens is 1. The molecule has 1 aliphatic heterocycles. The summed E-state index contributed by atoms with van der Waals surface area (Å²) >= 11 is 0. The quantitative estimate of drug-likeness (QED) is 0.946. The number of para-hydroxylation sites is 1. The molecule has 3 rings (SSSR count). The van der Waals surface area contributed by atoms with Gasteiger partial charge in [-0.25, -0.2) is 0 Å². The van der Waals surface area contributed by atoms with Crippen LogP contribution in [0.4, 0.5) is 0 Å². The molecule has 4 heteroatoms. The van der Waals surface area contributed by atoms with Gasteiger partial charge >= 0.3 is 0 Å². The molecule has 1 aromatic heterocycles. The molecule has 2 atom stereocenters. The van der Waals surface area contributed by atoms with Crippen molar-refractivity contribution in [2.75, 3.05) is 20.6 Å². The fourth-order valence-corrected chi connectivity index (χ4v) is 3.92. The summed E-state index contributed by atoms with van der Waals surface area (Å²) in [5, 5.41) is 1.31. The number of hydrogen-bond donors (Lipinski definition) is 1. The average molecular weight is 299 g/mol. The molecule has 0 radical (unpaired) electrons. The predicted octanol–water partition coefficient (Wildman–Crippen LogP) is 2.95. The Morgan fingerprint density at radius 2 is 2.14 bits per heavy atom. The van der Waals surface area contributed by atoms with Crippen LogP contribution in [0.3, 0.4) is 0 Å². The van der Waals surface area contributed by atoms with Gasteiger partial charge in [0.15, 0.2) is 0 Å². The normalized spacial score (nSPS) is 19.5. The van der Waals surface area contributed by atoms with Gasteiger partial charge in [-0.05, 0) is 32.1 Å². The number of likely N-dealkylation sites (N-methyl/N-ethyl adjacent to an activating group) is 1. The number of aromatic nitrogens is 1. The minimum atomic E-state index is 0.155. The number of benzene rings is 1. The maximum Gasteiger partial charge on any atom is 0.219 e. The lowest BCUT2D eigenvalue weighted by atomic mass is 9.84. The summed E-state index contributed by atoms with van der Waals surface area (Å²) in [5.41, 5.74) is 3.79. The van der Waals surface area contributed by atoms with Crippen molar-refractivity contribution < 1.29 is 4.79 Å². The Morgan fingerprint density at radius 1 is 1.41 bits per heavy atom. The van der Waals surface area contributed by atoms with E-state index >= 15 is 0 Å². The lowest BCUT2D eigenvalue weighted by Gasteiger charge is -2.39. The Morgan fingerprint density at radius 3 is 2.77 bits per heavy atom. The summed E-state index contributed by atoms with van der Waals surface area (Å²) < 4.78 is 0. The van der Waals surface area contributed by atoms with Crippen molar-refractivity contribution in [2.45, 2.75) is 38.8 Å². The fourth-order valence-electron chi connectivity index (χ4n) is 3.92. The van der Waals surface area contributed by atoms with Gasteiger partial charge in [0, 0.05) is 42.0 Å². The molecule has 22 heavy (non-hydrogen) atoms. The molecule has 0 spiro atoms. The van der Waals surface area contributed by atoms with Crippen molar-refractivity contribution in [3.8, 4) is 0 Å². The summed E-state index contributed by atoms with van der Waals surface area (Å²) in [5.74, 6) is 0.506. The molecule has 0 saturated carbocycles. The van der Waals surface area contributed by atoms with E-state index in [4.69, 9.17) is 0 Å². The summed E-state index contributed by atoms with van der Waals surface area (Å²) in [6.07, 6.45) is 1.07. The number of rotatable bonds is 3. The number of nitrogens with one attached hydrogen (secondary N) is 1. The maximum absolute atomic E-state index is 11.9. The first-order chi connectivity index (χ1) is 10.5. The molecule has 2 aromatic rings. The monoisotopic (exact) mass is 299 g/mol. The highest BCUT2D eigenvalue weighted by Crippen LogP contribution is 2.38. The molecular weight excluding hydrogens is 274 g/mol. The summed E-state index contributed by atoms with van der Waals surface area (Å²) in [4.78, 5) is 19.7. The standard InChI is InChI=1S/C18H25N3O/c1-5-17(20(3)4)14-10-21(12(2)22)11-16-18(14)13-8-6-7-9-15(13)19-16/h6-9,14,17,19H,5,10-11H2,1-4H3. The minimum Gasteiger partial charge on any atom is -0.357 e. The van der Waals surface area contributed by atoms with Crippen LogP contribution in [0.25, 0.3) is 10.9 Å². The summed E-state index contributed by atoms with van der Waals surface area (Å²) in [6, 6.07) is 8.91. The lowest BCUT2D eigenvalue weighted by molar-refractivity contribution is -0.130. The molecule has 1 aliphatic rings. The molecule has 1 N–H and O–H groups in total. The molecular formula is C18H25N3O. The third-order valence-corrected chi connectivity index (χ3v) is 4.96. The van der Waals surface area contributed by atoms with Gasteiger partial charge in [-0.1, -0.05) is 25.1 Å². The molecule has 0 aliphatic carbocycles. The third kappa shape index (κ3) is 2.41.